The first kappa shape index (κ1) is 24.1. The number of amides is 2. The molecule has 35 heavy (non-hydrogen) atoms. The van der Waals surface area contributed by atoms with Crippen molar-refractivity contribution in [1.29, 1.82) is 0 Å². The number of carboxylic acid groups (broad SMARTS) is 1. The summed E-state index contributed by atoms with van der Waals surface area (Å²) in [6.45, 7) is 1.50. The molecule has 1 aliphatic heterocycles. The van der Waals surface area contributed by atoms with Crippen LogP contribution in [0.5, 0.6) is 17.2 Å². The maximum absolute atomic E-state index is 15.1. The topological polar surface area (TPSA) is 102 Å². The molecule has 0 aliphatic carbocycles. The SMILES string of the molecule is CCOc1cc(F)c(N2C(=O)Cc3csc(C(=O)O)c3C2=O)cc1OCc1c(F)cccc1OC. The lowest BCUT2D eigenvalue weighted by Gasteiger charge is -2.27. The molecule has 0 spiro atoms. The number of aromatic carboxylic acids is 1. The number of carbonyl (C=O) groups excluding carboxylic acids is 2. The second-order valence-corrected chi connectivity index (χ2v) is 8.25. The molecule has 0 unspecified atom stereocenters. The number of benzene rings is 2. The van der Waals surface area contributed by atoms with Gasteiger partial charge in [0.1, 0.15) is 23.1 Å². The molecular weight excluding hydrogens is 484 g/mol. The highest BCUT2D eigenvalue weighted by Gasteiger charge is 2.38. The number of carboxylic acids is 1. The van der Waals surface area contributed by atoms with Crippen LogP contribution in [0.15, 0.2) is 35.7 Å². The molecule has 0 fully saturated rings. The molecule has 0 saturated carbocycles. The van der Waals surface area contributed by atoms with Crippen LogP contribution in [0.1, 0.15) is 38.1 Å². The lowest BCUT2D eigenvalue weighted by Crippen LogP contribution is -2.43. The van der Waals surface area contributed by atoms with E-state index in [0.29, 0.717) is 4.90 Å². The molecule has 0 atom stereocenters. The van der Waals surface area contributed by atoms with Crippen molar-refractivity contribution in [1.82, 2.24) is 0 Å². The molecule has 2 heterocycles. The van der Waals surface area contributed by atoms with Crippen LogP contribution in [0.3, 0.4) is 0 Å². The van der Waals surface area contributed by atoms with Crippen molar-refractivity contribution in [3.63, 3.8) is 0 Å². The lowest BCUT2D eigenvalue weighted by molar-refractivity contribution is -0.117. The van der Waals surface area contributed by atoms with Gasteiger partial charge in [-0.2, -0.15) is 0 Å². The van der Waals surface area contributed by atoms with Gasteiger partial charge >= 0.3 is 5.97 Å². The van der Waals surface area contributed by atoms with E-state index in [0.717, 1.165) is 23.5 Å². The molecule has 1 aliphatic rings. The molecular formula is C24H19F2NO7S. The summed E-state index contributed by atoms with van der Waals surface area (Å²) in [5, 5.41) is 10.8. The Labute approximate surface area is 202 Å². The number of thiophene rings is 1. The summed E-state index contributed by atoms with van der Waals surface area (Å²) in [6, 6.07) is 6.29. The Kier molecular flexibility index (Phi) is 6.70. The molecule has 1 N–H and O–H groups in total. The Bertz CT molecular complexity index is 1340. The average molecular weight is 503 g/mol. The van der Waals surface area contributed by atoms with Crippen molar-refractivity contribution in [2.24, 2.45) is 0 Å². The first-order valence-electron chi connectivity index (χ1n) is 10.4. The number of methoxy groups -OCH3 is 1. The zero-order valence-corrected chi connectivity index (χ0v) is 19.4. The first-order valence-corrected chi connectivity index (χ1v) is 11.3. The normalized spacial score (nSPS) is 13.0. The predicted molar refractivity (Wildman–Crippen MR) is 122 cm³/mol. The van der Waals surface area contributed by atoms with Crippen molar-refractivity contribution in [2.45, 2.75) is 20.0 Å². The summed E-state index contributed by atoms with van der Waals surface area (Å²) >= 11 is 0.818. The smallest absolute Gasteiger partial charge is 0.346 e. The lowest BCUT2D eigenvalue weighted by atomic mass is 10.0. The Balaban J connectivity index is 1.75. The van der Waals surface area contributed by atoms with Gasteiger partial charge in [0, 0.05) is 12.1 Å². The largest absolute Gasteiger partial charge is 0.496 e. The number of imide groups is 1. The second kappa shape index (κ2) is 9.71. The monoisotopic (exact) mass is 503 g/mol. The van der Waals surface area contributed by atoms with E-state index in [1.807, 2.05) is 0 Å². The number of halogens is 2. The van der Waals surface area contributed by atoms with E-state index in [-0.39, 0.29) is 58.5 Å². The van der Waals surface area contributed by atoms with Gasteiger partial charge in [0.05, 0.1) is 37.0 Å². The highest BCUT2D eigenvalue weighted by atomic mass is 32.1. The van der Waals surface area contributed by atoms with Gasteiger partial charge in [-0.25, -0.2) is 18.5 Å². The van der Waals surface area contributed by atoms with E-state index in [4.69, 9.17) is 14.2 Å². The van der Waals surface area contributed by atoms with Crippen LogP contribution in [0.25, 0.3) is 0 Å². The number of hydrogen-bond donors (Lipinski definition) is 1. The zero-order valence-electron chi connectivity index (χ0n) is 18.6. The van der Waals surface area contributed by atoms with E-state index in [1.165, 1.54) is 24.6 Å². The molecule has 11 heteroatoms. The molecule has 2 amide bonds. The van der Waals surface area contributed by atoms with Crippen LogP contribution >= 0.6 is 11.3 Å². The third-order valence-corrected chi connectivity index (χ3v) is 6.31. The van der Waals surface area contributed by atoms with Gasteiger partial charge in [-0.1, -0.05) is 6.07 Å². The third kappa shape index (κ3) is 4.42. The van der Waals surface area contributed by atoms with Crippen LogP contribution in [0.4, 0.5) is 14.5 Å². The maximum atomic E-state index is 15.1. The number of fused-ring (bicyclic) bond motifs is 1. The van der Waals surface area contributed by atoms with Gasteiger partial charge in [0.15, 0.2) is 17.3 Å². The van der Waals surface area contributed by atoms with Crippen LogP contribution in [0.2, 0.25) is 0 Å². The zero-order chi connectivity index (χ0) is 25.3. The van der Waals surface area contributed by atoms with Crippen LogP contribution < -0.4 is 19.1 Å². The Morgan fingerprint density at radius 3 is 2.54 bits per heavy atom. The number of nitrogens with zero attached hydrogens (tertiary/aromatic N) is 1. The Morgan fingerprint density at radius 2 is 1.86 bits per heavy atom. The Morgan fingerprint density at radius 1 is 1.11 bits per heavy atom. The minimum atomic E-state index is -1.33. The summed E-state index contributed by atoms with van der Waals surface area (Å²) in [5.41, 5.74) is -0.225. The van der Waals surface area contributed by atoms with E-state index in [9.17, 15) is 23.9 Å². The van der Waals surface area contributed by atoms with Crippen LogP contribution in [-0.2, 0) is 17.8 Å². The molecule has 3 aromatic rings. The fourth-order valence-electron chi connectivity index (χ4n) is 3.72. The number of rotatable bonds is 8. The van der Waals surface area contributed by atoms with Gasteiger partial charge in [0.25, 0.3) is 5.91 Å². The average Bonchev–Trinajstić information content (AvgIpc) is 3.24. The van der Waals surface area contributed by atoms with E-state index < -0.39 is 35.1 Å². The summed E-state index contributed by atoms with van der Waals surface area (Å²) in [5.74, 6) is -4.40. The van der Waals surface area contributed by atoms with Gasteiger partial charge in [-0.15, -0.1) is 11.3 Å². The third-order valence-electron chi connectivity index (χ3n) is 5.29. The van der Waals surface area contributed by atoms with E-state index in [1.54, 1.807) is 13.0 Å². The summed E-state index contributed by atoms with van der Waals surface area (Å²) in [4.78, 5) is 37.8. The molecule has 1 aromatic heterocycles. The van der Waals surface area contributed by atoms with Crippen molar-refractivity contribution >= 4 is 34.8 Å². The molecule has 0 saturated heterocycles. The van der Waals surface area contributed by atoms with E-state index in [2.05, 4.69) is 0 Å². The molecule has 4 rings (SSSR count). The molecule has 2 aromatic carbocycles. The second-order valence-electron chi connectivity index (χ2n) is 7.37. The predicted octanol–water partition coefficient (Wildman–Crippen LogP) is 4.44. The standard InChI is InChI=1S/C24H19F2NO7S/c1-3-33-18-8-15(26)16(9-19(18)34-10-13-14(25)5-4-6-17(13)32-2)27-20(28)7-12-11-35-22(24(30)31)21(12)23(27)29/h4-6,8-9,11H,3,7,10H2,1-2H3,(H,30,31). The highest BCUT2D eigenvalue weighted by Crippen LogP contribution is 2.39. The van der Waals surface area contributed by atoms with Crippen molar-refractivity contribution in [3.05, 3.63) is 68.9 Å². The molecule has 0 bridgehead atoms. The van der Waals surface area contributed by atoms with Gasteiger partial charge in [-0.05, 0) is 30.0 Å². The van der Waals surface area contributed by atoms with E-state index >= 15 is 4.39 Å². The maximum Gasteiger partial charge on any atom is 0.346 e. The molecule has 0 radical (unpaired) electrons. The van der Waals surface area contributed by atoms with Gasteiger partial charge in [0.2, 0.25) is 5.91 Å². The summed E-state index contributed by atoms with van der Waals surface area (Å²) < 4.78 is 45.8. The fraction of sp³-hybridized carbons (Fsp3) is 0.208. The van der Waals surface area contributed by atoms with Crippen molar-refractivity contribution in [2.75, 3.05) is 18.6 Å². The minimum absolute atomic E-state index is 0.0246. The minimum Gasteiger partial charge on any atom is -0.496 e. The van der Waals surface area contributed by atoms with Crippen molar-refractivity contribution in [3.8, 4) is 17.2 Å². The number of carbonyl (C=O) groups is 3. The van der Waals surface area contributed by atoms with Crippen LogP contribution in [0, 0.1) is 11.6 Å². The number of anilines is 1. The number of hydrogen-bond acceptors (Lipinski definition) is 7. The van der Waals surface area contributed by atoms with Gasteiger partial charge < -0.3 is 19.3 Å². The Hall–Kier alpha value is -3.99. The molecule has 182 valence electrons. The quantitative estimate of drug-likeness (QED) is 0.454. The molecule has 8 nitrogen and oxygen atoms in total. The highest BCUT2D eigenvalue weighted by molar-refractivity contribution is 7.12. The van der Waals surface area contributed by atoms with Crippen molar-refractivity contribution < 1.29 is 42.5 Å². The van der Waals surface area contributed by atoms with Gasteiger partial charge in [-0.3, -0.25) is 9.59 Å². The number of ether oxygens (including phenoxy) is 3. The van der Waals surface area contributed by atoms with Crippen LogP contribution in [-0.4, -0.2) is 36.6 Å². The summed E-state index contributed by atoms with van der Waals surface area (Å²) in [6.07, 6.45) is -0.278. The summed E-state index contributed by atoms with van der Waals surface area (Å²) in [7, 11) is 1.37. The first-order chi connectivity index (χ1) is 16.8. The fourth-order valence-corrected chi connectivity index (χ4v) is 4.62.